The lowest BCUT2D eigenvalue weighted by atomic mass is 10.1. The van der Waals surface area contributed by atoms with Gasteiger partial charge in [0, 0.05) is 17.3 Å². The fraction of sp³-hybridized carbons (Fsp3) is 0.455. The summed E-state index contributed by atoms with van der Waals surface area (Å²) in [5.74, 6) is 0. The minimum atomic E-state index is -3.67. The molecule has 0 aliphatic carbocycles. The van der Waals surface area contributed by atoms with Gasteiger partial charge in [-0.15, -0.1) is 0 Å². The predicted molar refractivity (Wildman–Crippen MR) is 64.1 cm³/mol. The fourth-order valence-corrected chi connectivity index (χ4v) is 2.32. The van der Waals surface area contributed by atoms with Crippen molar-refractivity contribution in [2.75, 3.05) is 6.61 Å². The van der Waals surface area contributed by atoms with E-state index in [4.69, 9.17) is 15.4 Å². The van der Waals surface area contributed by atoms with Crippen LogP contribution in [0, 0.1) is 0 Å². The first-order valence-corrected chi connectivity index (χ1v) is 7.46. The quantitative estimate of drug-likeness (QED) is 0.766. The van der Waals surface area contributed by atoms with Crippen molar-refractivity contribution in [1.82, 2.24) is 0 Å². The highest BCUT2D eigenvalue weighted by molar-refractivity contribution is 8.13. The van der Waals surface area contributed by atoms with Crippen LogP contribution in [0.5, 0.6) is 0 Å². The summed E-state index contributed by atoms with van der Waals surface area (Å²) in [5, 5.41) is 0. The molecular formula is C11H15ClO3S. The van der Waals surface area contributed by atoms with Crippen LogP contribution in [0.25, 0.3) is 0 Å². The van der Waals surface area contributed by atoms with Gasteiger partial charge in [-0.3, -0.25) is 0 Å². The van der Waals surface area contributed by atoms with E-state index in [1.54, 1.807) is 12.1 Å². The second kappa shape index (κ2) is 5.66. The molecule has 1 rings (SSSR count). The van der Waals surface area contributed by atoms with Crippen molar-refractivity contribution < 1.29 is 13.2 Å². The van der Waals surface area contributed by atoms with Gasteiger partial charge in [-0.1, -0.05) is 19.1 Å². The zero-order valence-electron chi connectivity index (χ0n) is 9.31. The maximum atomic E-state index is 11.2. The van der Waals surface area contributed by atoms with Gasteiger partial charge in [0.15, 0.2) is 0 Å². The average Bonchev–Trinajstić information content (AvgIpc) is 2.25. The molecule has 0 heterocycles. The molecule has 0 saturated heterocycles. The molecule has 5 heteroatoms. The van der Waals surface area contributed by atoms with Crippen LogP contribution >= 0.6 is 10.7 Å². The molecular weight excluding hydrogens is 248 g/mol. The summed E-state index contributed by atoms with van der Waals surface area (Å²) in [6.07, 6.45) is 0.711. The second-order valence-corrected chi connectivity index (χ2v) is 5.93. The smallest absolute Gasteiger partial charge is 0.261 e. The van der Waals surface area contributed by atoms with Crippen molar-refractivity contribution >= 4 is 19.7 Å². The van der Waals surface area contributed by atoms with E-state index in [2.05, 4.69) is 0 Å². The van der Waals surface area contributed by atoms with Crippen LogP contribution in [0.1, 0.15) is 31.9 Å². The van der Waals surface area contributed by atoms with Crippen molar-refractivity contribution in [1.29, 1.82) is 0 Å². The fourth-order valence-electron chi connectivity index (χ4n) is 1.52. The molecule has 0 aliphatic rings. The first-order chi connectivity index (χ1) is 7.49. The lowest BCUT2D eigenvalue weighted by Gasteiger charge is -2.15. The summed E-state index contributed by atoms with van der Waals surface area (Å²) >= 11 is 0. The van der Waals surface area contributed by atoms with Crippen molar-refractivity contribution in [2.24, 2.45) is 0 Å². The van der Waals surface area contributed by atoms with E-state index in [0.717, 1.165) is 12.0 Å². The summed E-state index contributed by atoms with van der Waals surface area (Å²) < 4.78 is 27.9. The third kappa shape index (κ3) is 3.47. The summed E-state index contributed by atoms with van der Waals surface area (Å²) in [6, 6.07) is 6.55. The van der Waals surface area contributed by atoms with Crippen LogP contribution in [-0.4, -0.2) is 15.0 Å². The van der Waals surface area contributed by atoms with E-state index in [9.17, 15) is 8.42 Å². The largest absolute Gasteiger partial charge is 0.374 e. The van der Waals surface area contributed by atoms with E-state index in [0.29, 0.717) is 6.61 Å². The predicted octanol–water partition coefficient (Wildman–Crippen LogP) is 3.10. The van der Waals surface area contributed by atoms with E-state index in [1.807, 2.05) is 19.9 Å². The van der Waals surface area contributed by atoms with Gasteiger partial charge < -0.3 is 4.74 Å². The highest BCUT2D eigenvalue weighted by Gasteiger charge is 2.14. The Labute approximate surface area is 101 Å². The van der Waals surface area contributed by atoms with Crippen LogP contribution in [-0.2, 0) is 13.8 Å². The van der Waals surface area contributed by atoms with Gasteiger partial charge in [0.2, 0.25) is 0 Å². The number of halogens is 1. The number of rotatable bonds is 5. The molecule has 0 aromatic heterocycles. The summed E-state index contributed by atoms with van der Waals surface area (Å²) in [4.78, 5) is 0.116. The van der Waals surface area contributed by atoms with Crippen molar-refractivity contribution in [3.05, 3.63) is 29.8 Å². The van der Waals surface area contributed by atoms with Gasteiger partial charge in [-0.25, -0.2) is 8.42 Å². The monoisotopic (exact) mass is 262 g/mol. The lowest BCUT2D eigenvalue weighted by Crippen LogP contribution is -2.04. The zero-order chi connectivity index (χ0) is 12.2. The van der Waals surface area contributed by atoms with Crippen molar-refractivity contribution in [3.8, 4) is 0 Å². The molecule has 0 unspecified atom stereocenters. The van der Waals surface area contributed by atoms with Gasteiger partial charge in [0.1, 0.15) is 0 Å². The molecule has 0 spiro atoms. The normalized spacial score (nSPS) is 13.7. The minimum Gasteiger partial charge on any atom is -0.374 e. The Morgan fingerprint density at radius 1 is 1.38 bits per heavy atom. The Kier molecular flexibility index (Phi) is 4.77. The highest BCUT2D eigenvalue weighted by atomic mass is 35.7. The van der Waals surface area contributed by atoms with Gasteiger partial charge in [-0.05, 0) is 31.0 Å². The van der Waals surface area contributed by atoms with Crippen LogP contribution in [0.15, 0.2) is 29.2 Å². The van der Waals surface area contributed by atoms with Crippen LogP contribution in [0.2, 0.25) is 0 Å². The lowest BCUT2D eigenvalue weighted by molar-refractivity contribution is 0.0597. The van der Waals surface area contributed by atoms with E-state index >= 15 is 0 Å². The van der Waals surface area contributed by atoms with Crippen molar-refractivity contribution in [2.45, 2.75) is 31.3 Å². The van der Waals surface area contributed by atoms with Crippen LogP contribution in [0.4, 0.5) is 0 Å². The van der Waals surface area contributed by atoms with Crippen molar-refractivity contribution in [3.63, 3.8) is 0 Å². The molecule has 16 heavy (non-hydrogen) atoms. The second-order valence-electron chi connectivity index (χ2n) is 3.36. The van der Waals surface area contributed by atoms with Gasteiger partial charge in [0.25, 0.3) is 9.05 Å². The first-order valence-electron chi connectivity index (χ1n) is 5.15. The molecule has 1 atom stereocenters. The molecule has 0 amide bonds. The Bertz CT molecular complexity index is 442. The topological polar surface area (TPSA) is 43.4 Å². The summed E-state index contributed by atoms with van der Waals surface area (Å²) in [6.45, 7) is 4.49. The van der Waals surface area contributed by atoms with Crippen LogP contribution < -0.4 is 0 Å². The Balaban J connectivity index is 3.06. The van der Waals surface area contributed by atoms with Gasteiger partial charge >= 0.3 is 0 Å². The van der Waals surface area contributed by atoms with E-state index < -0.39 is 9.05 Å². The number of ether oxygens (including phenoxy) is 1. The summed E-state index contributed by atoms with van der Waals surface area (Å²) in [7, 11) is 1.62. The number of hydrogen-bond acceptors (Lipinski definition) is 3. The average molecular weight is 263 g/mol. The maximum absolute atomic E-state index is 11.2. The molecule has 0 saturated carbocycles. The molecule has 1 aromatic rings. The third-order valence-electron chi connectivity index (χ3n) is 2.25. The standard InChI is InChI=1S/C11H15ClO3S/c1-3-11(15-4-2)9-6-5-7-10(8-9)16(12,13)14/h5-8,11H,3-4H2,1-2H3/t11-/m0/s1. The Hall–Kier alpha value is -0.580. The first kappa shape index (κ1) is 13.5. The zero-order valence-corrected chi connectivity index (χ0v) is 10.9. The summed E-state index contributed by atoms with van der Waals surface area (Å²) in [5.41, 5.74) is 0.839. The third-order valence-corrected chi connectivity index (χ3v) is 3.60. The molecule has 0 fully saturated rings. The maximum Gasteiger partial charge on any atom is 0.261 e. The SMILES string of the molecule is CCO[C@@H](CC)c1cccc(S(=O)(=O)Cl)c1. The molecule has 3 nitrogen and oxygen atoms in total. The molecule has 0 aliphatic heterocycles. The van der Waals surface area contributed by atoms with E-state index in [-0.39, 0.29) is 11.0 Å². The Morgan fingerprint density at radius 2 is 2.06 bits per heavy atom. The molecule has 0 bridgehead atoms. The molecule has 0 radical (unpaired) electrons. The van der Waals surface area contributed by atoms with E-state index in [1.165, 1.54) is 6.07 Å². The minimum absolute atomic E-state index is 0.0802. The van der Waals surface area contributed by atoms with Gasteiger partial charge in [-0.2, -0.15) is 0 Å². The molecule has 90 valence electrons. The number of benzene rings is 1. The van der Waals surface area contributed by atoms with Crippen LogP contribution in [0.3, 0.4) is 0 Å². The molecule has 0 N–H and O–H groups in total. The molecule has 1 aromatic carbocycles. The Morgan fingerprint density at radius 3 is 2.56 bits per heavy atom. The van der Waals surface area contributed by atoms with Gasteiger partial charge in [0.05, 0.1) is 11.0 Å². The highest BCUT2D eigenvalue weighted by Crippen LogP contribution is 2.24. The number of hydrogen-bond donors (Lipinski definition) is 0.